The summed E-state index contributed by atoms with van der Waals surface area (Å²) in [7, 11) is 0. The summed E-state index contributed by atoms with van der Waals surface area (Å²) in [5.74, 6) is -1.25. The van der Waals surface area contributed by atoms with Gasteiger partial charge in [0.15, 0.2) is 5.69 Å². The SMILES string of the molecule is O=C(O)C1CCN(C(=O)c2cnsn2)CC1. The van der Waals surface area contributed by atoms with E-state index in [4.69, 9.17) is 5.11 Å². The van der Waals surface area contributed by atoms with E-state index in [0.717, 1.165) is 11.7 Å². The Labute approximate surface area is 96.2 Å². The highest BCUT2D eigenvalue weighted by molar-refractivity contribution is 6.99. The van der Waals surface area contributed by atoms with Gasteiger partial charge in [-0.1, -0.05) is 0 Å². The zero-order valence-electron chi connectivity index (χ0n) is 8.50. The van der Waals surface area contributed by atoms with E-state index < -0.39 is 5.97 Å². The zero-order chi connectivity index (χ0) is 11.5. The van der Waals surface area contributed by atoms with Crippen LogP contribution in [0.5, 0.6) is 0 Å². The molecule has 1 aromatic heterocycles. The Kier molecular flexibility index (Phi) is 3.14. The third-order valence-electron chi connectivity index (χ3n) is 2.71. The van der Waals surface area contributed by atoms with Crippen LogP contribution in [0.25, 0.3) is 0 Å². The van der Waals surface area contributed by atoms with E-state index in [1.54, 1.807) is 4.90 Å². The number of hydrogen-bond donors (Lipinski definition) is 1. The molecule has 1 aliphatic rings. The quantitative estimate of drug-likeness (QED) is 0.814. The van der Waals surface area contributed by atoms with Crippen LogP contribution in [0.3, 0.4) is 0 Å². The van der Waals surface area contributed by atoms with Crippen molar-refractivity contribution in [1.82, 2.24) is 13.6 Å². The average Bonchev–Trinajstić information content (AvgIpc) is 2.81. The van der Waals surface area contributed by atoms with Gasteiger partial charge < -0.3 is 10.0 Å². The Morgan fingerprint density at radius 3 is 2.62 bits per heavy atom. The van der Waals surface area contributed by atoms with Crippen LogP contribution in [-0.2, 0) is 4.79 Å². The molecule has 0 saturated carbocycles. The van der Waals surface area contributed by atoms with Gasteiger partial charge in [-0.15, -0.1) is 0 Å². The summed E-state index contributed by atoms with van der Waals surface area (Å²) in [5, 5.41) is 8.82. The van der Waals surface area contributed by atoms with Crippen LogP contribution in [0.15, 0.2) is 6.20 Å². The number of carbonyl (C=O) groups is 2. The van der Waals surface area contributed by atoms with Crippen molar-refractivity contribution in [2.45, 2.75) is 12.8 Å². The van der Waals surface area contributed by atoms with Crippen LogP contribution in [0.2, 0.25) is 0 Å². The van der Waals surface area contributed by atoms with Crippen molar-refractivity contribution in [3.8, 4) is 0 Å². The maximum Gasteiger partial charge on any atom is 0.306 e. The number of amides is 1. The lowest BCUT2D eigenvalue weighted by atomic mass is 9.97. The van der Waals surface area contributed by atoms with Crippen molar-refractivity contribution in [1.29, 1.82) is 0 Å². The number of carboxylic acids is 1. The normalized spacial score (nSPS) is 17.4. The maximum atomic E-state index is 11.8. The van der Waals surface area contributed by atoms with E-state index in [9.17, 15) is 9.59 Å². The van der Waals surface area contributed by atoms with Crippen LogP contribution in [-0.4, -0.2) is 43.7 Å². The summed E-state index contributed by atoms with van der Waals surface area (Å²) in [6.45, 7) is 0.959. The molecule has 1 N–H and O–H groups in total. The highest BCUT2D eigenvalue weighted by Gasteiger charge is 2.28. The fourth-order valence-electron chi connectivity index (χ4n) is 1.75. The Hall–Kier alpha value is -1.50. The molecule has 1 saturated heterocycles. The molecule has 2 rings (SSSR count). The van der Waals surface area contributed by atoms with E-state index in [1.807, 2.05) is 0 Å². The van der Waals surface area contributed by atoms with E-state index in [1.165, 1.54) is 6.20 Å². The van der Waals surface area contributed by atoms with Crippen LogP contribution in [0, 0.1) is 5.92 Å². The minimum atomic E-state index is -0.776. The Balaban J connectivity index is 1.94. The van der Waals surface area contributed by atoms with Crippen molar-refractivity contribution in [3.05, 3.63) is 11.9 Å². The van der Waals surface area contributed by atoms with Gasteiger partial charge in [0.05, 0.1) is 23.8 Å². The monoisotopic (exact) mass is 241 g/mol. The number of aromatic nitrogens is 2. The van der Waals surface area contributed by atoms with E-state index in [-0.39, 0.29) is 11.8 Å². The molecule has 16 heavy (non-hydrogen) atoms. The van der Waals surface area contributed by atoms with Crippen LogP contribution in [0.4, 0.5) is 0 Å². The Morgan fingerprint density at radius 1 is 1.44 bits per heavy atom. The van der Waals surface area contributed by atoms with Crippen molar-refractivity contribution >= 4 is 23.6 Å². The molecule has 0 bridgehead atoms. The van der Waals surface area contributed by atoms with Crippen molar-refractivity contribution in [2.75, 3.05) is 13.1 Å². The van der Waals surface area contributed by atoms with Crippen molar-refractivity contribution < 1.29 is 14.7 Å². The summed E-state index contributed by atoms with van der Waals surface area (Å²) < 4.78 is 7.64. The third-order valence-corrected chi connectivity index (χ3v) is 3.19. The van der Waals surface area contributed by atoms with Gasteiger partial charge in [0.1, 0.15) is 0 Å². The summed E-state index contributed by atoms with van der Waals surface area (Å²) >= 11 is 0.996. The van der Waals surface area contributed by atoms with Crippen molar-refractivity contribution in [3.63, 3.8) is 0 Å². The fraction of sp³-hybridized carbons (Fsp3) is 0.556. The summed E-state index contributed by atoms with van der Waals surface area (Å²) in [6.07, 6.45) is 2.47. The Morgan fingerprint density at radius 2 is 2.12 bits per heavy atom. The highest BCUT2D eigenvalue weighted by atomic mass is 32.1. The lowest BCUT2D eigenvalue weighted by Crippen LogP contribution is -2.40. The van der Waals surface area contributed by atoms with Crippen LogP contribution >= 0.6 is 11.7 Å². The van der Waals surface area contributed by atoms with Gasteiger partial charge in [-0.25, -0.2) is 0 Å². The summed E-state index contributed by atoms with van der Waals surface area (Å²) in [6, 6.07) is 0. The van der Waals surface area contributed by atoms with Gasteiger partial charge in [-0.05, 0) is 12.8 Å². The lowest BCUT2D eigenvalue weighted by Gasteiger charge is -2.29. The number of carboxylic acid groups (broad SMARTS) is 1. The average molecular weight is 241 g/mol. The van der Waals surface area contributed by atoms with E-state index in [0.29, 0.717) is 31.6 Å². The number of carbonyl (C=O) groups excluding carboxylic acids is 1. The second-order valence-corrected chi connectivity index (χ2v) is 4.25. The van der Waals surface area contributed by atoms with E-state index in [2.05, 4.69) is 8.75 Å². The number of hydrogen-bond acceptors (Lipinski definition) is 5. The number of aliphatic carboxylic acids is 1. The molecule has 1 fully saturated rings. The largest absolute Gasteiger partial charge is 0.481 e. The smallest absolute Gasteiger partial charge is 0.306 e. The van der Waals surface area contributed by atoms with Gasteiger partial charge in [-0.2, -0.15) is 8.75 Å². The second kappa shape index (κ2) is 4.56. The first-order valence-electron chi connectivity index (χ1n) is 4.98. The first kappa shape index (κ1) is 11.0. The minimum Gasteiger partial charge on any atom is -0.481 e. The Bertz CT molecular complexity index is 385. The third kappa shape index (κ3) is 2.19. The topological polar surface area (TPSA) is 83.4 Å². The van der Waals surface area contributed by atoms with E-state index >= 15 is 0 Å². The minimum absolute atomic E-state index is 0.155. The number of rotatable bonds is 2. The highest BCUT2D eigenvalue weighted by Crippen LogP contribution is 2.18. The molecule has 0 radical (unpaired) electrons. The molecule has 2 heterocycles. The molecule has 7 heteroatoms. The van der Waals surface area contributed by atoms with Gasteiger partial charge in [0.2, 0.25) is 0 Å². The molecular formula is C9H11N3O3S. The molecule has 0 aromatic carbocycles. The lowest BCUT2D eigenvalue weighted by molar-refractivity contribution is -0.143. The molecule has 86 valence electrons. The van der Waals surface area contributed by atoms with Crippen LogP contribution in [0.1, 0.15) is 23.3 Å². The fourth-order valence-corrected chi connectivity index (χ4v) is 2.16. The van der Waals surface area contributed by atoms with Gasteiger partial charge in [-0.3, -0.25) is 9.59 Å². The molecule has 1 aliphatic heterocycles. The second-order valence-electron chi connectivity index (χ2n) is 3.70. The number of nitrogens with zero attached hydrogens (tertiary/aromatic N) is 3. The van der Waals surface area contributed by atoms with Gasteiger partial charge >= 0.3 is 5.97 Å². The molecule has 0 unspecified atom stereocenters. The predicted molar refractivity (Wildman–Crippen MR) is 56.2 cm³/mol. The molecule has 1 aromatic rings. The molecule has 1 amide bonds. The summed E-state index contributed by atoms with van der Waals surface area (Å²) in [4.78, 5) is 24.2. The van der Waals surface area contributed by atoms with Crippen molar-refractivity contribution in [2.24, 2.45) is 5.92 Å². The molecule has 0 atom stereocenters. The van der Waals surface area contributed by atoms with Crippen LogP contribution < -0.4 is 0 Å². The molecule has 0 aliphatic carbocycles. The number of piperidine rings is 1. The van der Waals surface area contributed by atoms with Gasteiger partial charge in [0, 0.05) is 13.1 Å². The molecular weight excluding hydrogens is 230 g/mol. The first-order chi connectivity index (χ1) is 7.68. The van der Waals surface area contributed by atoms with Gasteiger partial charge in [0.25, 0.3) is 5.91 Å². The zero-order valence-corrected chi connectivity index (χ0v) is 9.31. The molecule has 0 spiro atoms. The first-order valence-corrected chi connectivity index (χ1v) is 5.71. The predicted octanol–water partition coefficient (Wildman–Crippen LogP) is 0.475. The summed E-state index contributed by atoms with van der Waals surface area (Å²) in [5.41, 5.74) is 0.346. The standard InChI is InChI=1S/C9H11N3O3S/c13-8(7-5-10-16-11-7)12-3-1-6(2-4-12)9(14)15/h5-6H,1-4H2,(H,14,15). The molecule has 6 nitrogen and oxygen atoms in total. The number of likely N-dealkylation sites (tertiary alicyclic amines) is 1. The maximum absolute atomic E-state index is 11.8.